The SMILES string of the molecule is CC1CCCC(n2nnnc2CN)C1C. The van der Waals surface area contributed by atoms with Gasteiger partial charge in [-0.3, -0.25) is 0 Å². The lowest BCUT2D eigenvalue weighted by Gasteiger charge is -2.34. The predicted molar refractivity (Wildman–Crippen MR) is 56.9 cm³/mol. The van der Waals surface area contributed by atoms with Crippen molar-refractivity contribution in [3.05, 3.63) is 5.82 Å². The molecular weight excluding hydrogens is 190 g/mol. The first kappa shape index (κ1) is 10.5. The number of hydrogen-bond donors (Lipinski definition) is 1. The summed E-state index contributed by atoms with van der Waals surface area (Å²) in [5.41, 5.74) is 5.62. The maximum atomic E-state index is 5.62. The predicted octanol–water partition coefficient (Wildman–Crippen LogP) is 1.13. The van der Waals surface area contributed by atoms with Crippen LogP contribution in [0.4, 0.5) is 0 Å². The minimum Gasteiger partial charge on any atom is -0.324 e. The van der Waals surface area contributed by atoms with Gasteiger partial charge in [0.05, 0.1) is 12.6 Å². The maximum Gasteiger partial charge on any atom is 0.165 e. The number of nitrogens with zero attached hydrogens (tertiary/aromatic N) is 4. The summed E-state index contributed by atoms with van der Waals surface area (Å²) in [6.45, 7) is 5.02. The van der Waals surface area contributed by atoms with Crippen LogP contribution in [0.1, 0.15) is 45.0 Å². The highest BCUT2D eigenvalue weighted by Crippen LogP contribution is 2.37. The molecule has 1 aromatic rings. The zero-order valence-electron chi connectivity index (χ0n) is 9.43. The summed E-state index contributed by atoms with van der Waals surface area (Å²) in [7, 11) is 0. The van der Waals surface area contributed by atoms with Gasteiger partial charge in [0.15, 0.2) is 5.82 Å². The summed E-state index contributed by atoms with van der Waals surface area (Å²) in [6.07, 6.45) is 3.75. The highest BCUT2D eigenvalue weighted by molar-refractivity contribution is 4.88. The molecule has 0 saturated heterocycles. The van der Waals surface area contributed by atoms with Crippen LogP contribution in [0.2, 0.25) is 0 Å². The first-order valence-corrected chi connectivity index (χ1v) is 5.71. The van der Waals surface area contributed by atoms with Crippen LogP contribution in [0.25, 0.3) is 0 Å². The van der Waals surface area contributed by atoms with Gasteiger partial charge >= 0.3 is 0 Å². The summed E-state index contributed by atoms with van der Waals surface area (Å²) in [6, 6.07) is 0.433. The van der Waals surface area contributed by atoms with Crippen LogP contribution in [0, 0.1) is 11.8 Å². The molecule has 5 heteroatoms. The van der Waals surface area contributed by atoms with Crippen LogP contribution in [0.3, 0.4) is 0 Å². The maximum absolute atomic E-state index is 5.62. The van der Waals surface area contributed by atoms with E-state index in [0.717, 1.165) is 11.7 Å². The average molecular weight is 209 g/mol. The standard InChI is InChI=1S/C10H19N5/c1-7-4-3-5-9(8(7)2)15-10(6-11)12-13-14-15/h7-9H,3-6,11H2,1-2H3. The summed E-state index contributed by atoms with van der Waals surface area (Å²) >= 11 is 0. The van der Waals surface area contributed by atoms with Crippen molar-refractivity contribution in [3.8, 4) is 0 Å². The number of nitrogens with two attached hydrogens (primary N) is 1. The van der Waals surface area contributed by atoms with Crippen LogP contribution in [-0.2, 0) is 6.54 Å². The van der Waals surface area contributed by atoms with Crippen LogP contribution in [0.15, 0.2) is 0 Å². The van der Waals surface area contributed by atoms with E-state index in [-0.39, 0.29) is 0 Å². The molecule has 1 aromatic heterocycles. The van der Waals surface area contributed by atoms with E-state index in [9.17, 15) is 0 Å². The monoisotopic (exact) mass is 209 g/mol. The Balaban J connectivity index is 2.22. The molecule has 3 unspecified atom stereocenters. The van der Waals surface area contributed by atoms with E-state index in [2.05, 4.69) is 29.4 Å². The largest absolute Gasteiger partial charge is 0.324 e. The van der Waals surface area contributed by atoms with E-state index in [4.69, 9.17) is 5.73 Å². The number of aromatic nitrogens is 4. The third-order valence-corrected chi connectivity index (χ3v) is 3.72. The van der Waals surface area contributed by atoms with Gasteiger partial charge in [0.1, 0.15) is 0 Å². The zero-order chi connectivity index (χ0) is 10.8. The van der Waals surface area contributed by atoms with Gasteiger partial charge in [0.2, 0.25) is 0 Å². The van der Waals surface area contributed by atoms with E-state index >= 15 is 0 Å². The molecule has 0 radical (unpaired) electrons. The summed E-state index contributed by atoms with van der Waals surface area (Å²) in [5, 5.41) is 11.7. The van der Waals surface area contributed by atoms with E-state index in [1.54, 1.807) is 0 Å². The minimum absolute atomic E-state index is 0.421. The Kier molecular flexibility index (Phi) is 3.00. The van der Waals surface area contributed by atoms with Crippen molar-refractivity contribution in [3.63, 3.8) is 0 Å². The molecule has 1 aliphatic carbocycles. The van der Waals surface area contributed by atoms with Crippen molar-refractivity contribution in [1.82, 2.24) is 20.2 Å². The lowest BCUT2D eigenvalue weighted by atomic mass is 9.78. The summed E-state index contributed by atoms with van der Waals surface area (Å²) < 4.78 is 1.93. The lowest BCUT2D eigenvalue weighted by Crippen LogP contribution is -2.29. The Hall–Kier alpha value is -0.970. The Bertz CT molecular complexity index is 321. The molecule has 0 aromatic carbocycles. The zero-order valence-corrected chi connectivity index (χ0v) is 9.43. The molecule has 2 N–H and O–H groups in total. The third kappa shape index (κ3) is 1.88. The second kappa shape index (κ2) is 4.26. The van der Waals surface area contributed by atoms with Crippen molar-refractivity contribution < 1.29 is 0 Å². The van der Waals surface area contributed by atoms with E-state index in [1.807, 2.05) is 4.68 Å². The topological polar surface area (TPSA) is 69.6 Å². The van der Waals surface area contributed by atoms with Gasteiger partial charge in [-0.25, -0.2) is 4.68 Å². The van der Waals surface area contributed by atoms with Crippen LogP contribution < -0.4 is 5.73 Å². The number of rotatable bonds is 2. The number of tetrazole rings is 1. The molecule has 0 bridgehead atoms. The quantitative estimate of drug-likeness (QED) is 0.792. The van der Waals surface area contributed by atoms with Crippen molar-refractivity contribution >= 4 is 0 Å². The molecule has 0 spiro atoms. The Morgan fingerprint density at radius 1 is 1.40 bits per heavy atom. The normalized spacial score (nSPS) is 31.8. The van der Waals surface area contributed by atoms with Gasteiger partial charge in [-0.1, -0.05) is 26.7 Å². The average Bonchev–Trinajstić information content (AvgIpc) is 2.70. The molecule has 1 saturated carbocycles. The van der Waals surface area contributed by atoms with Gasteiger partial charge < -0.3 is 5.73 Å². The number of hydrogen-bond acceptors (Lipinski definition) is 4. The molecule has 84 valence electrons. The molecule has 1 fully saturated rings. The van der Waals surface area contributed by atoms with Crippen LogP contribution in [0.5, 0.6) is 0 Å². The molecule has 0 aliphatic heterocycles. The first-order valence-electron chi connectivity index (χ1n) is 5.71. The molecule has 2 rings (SSSR count). The van der Waals surface area contributed by atoms with Crippen molar-refractivity contribution in [2.24, 2.45) is 17.6 Å². The molecule has 5 nitrogen and oxygen atoms in total. The highest BCUT2D eigenvalue weighted by Gasteiger charge is 2.30. The molecule has 0 amide bonds. The van der Waals surface area contributed by atoms with Crippen molar-refractivity contribution in [2.45, 2.75) is 45.7 Å². The summed E-state index contributed by atoms with van der Waals surface area (Å²) in [5.74, 6) is 2.19. The van der Waals surface area contributed by atoms with E-state index in [1.165, 1.54) is 19.3 Å². The van der Waals surface area contributed by atoms with Crippen molar-refractivity contribution in [2.75, 3.05) is 0 Å². The Labute approximate surface area is 90.0 Å². The van der Waals surface area contributed by atoms with Gasteiger partial charge in [-0.2, -0.15) is 0 Å². The Morgan fingerprint density at radius 2 is 2.20 bits per heavy atom. The fourth-order valence-electron chi connectivity index (χ4n) is 2.50. The molecule has 1 heterocycles. The van der Waals surface area contributed by atoms with E-state index < -0.39 is 0 Å². The van der Waals surface area contributed by atoms with Gasteiger partial charge in [0, 0.05) is 0 Å². The van der Waals surface area contributed by atoms with Gasteiger partial charge in [-0.15, -0.1) is 5.10 Å². The first-order chi connectivity index (χ1) is 7.24. The van der Waals surface area contributed by atoms with Crippen LogP contribution >= 0.6 is 0 Å². The molecule has 1 aliphatic rings. The third-order valence-electron chi connectivity index (χ3n) is 3.72. The van der Waals surface area contributed by atoms with Crippen molar-refractivity contribution in [1.29, 1.82) is 0 Å². The van der Waals surface area contributed by atoms with E-state index in [0.29, 0.717) is 18.5 Å². The molecule has 3 atom stereocenters. The van der Waals surface area contributed by atoms with Gasteiger partial charge in [0.25, 0.3) is 0 Å². The van der Waals surface area contributed by atoms with Crippen LogP contribution in [-0.4, -0.2) is 20.2 Å². The second-order valence-electron chi connectivity index (χ2n) is 4.58. The smallest absolute Gasteiger partial charge is 0.165 e. The fourth-order valence-corrected chi connectivity index (χ4v) is 2.50. The molecule has 15 heavy (non-hydrogen) atoms. The molecular formula is C10H19N5. The summed E-state index contributed by atoms with van der Waals surface area (Å²) in [4.78, 5) is 0. The Morgan fingerprint density at radius 3 is 2.93 bits per heavy atom. The van der Waals surface area contributed by atoms with Gasteiger partial charge in [-0.05, 0) is 28.7 Å². The minimum atomic E-state index is 0.421. The second-order valence-corrected chi connectivity index (χ2v) is 4.58. The fraction of sp³-hybridized carbons (Fsp3) is 0.900. The highest BCUT2D eigenvalue weighted by atomic mass is 15.6. The lowest BCUT2D eigenvalue weighted by molar-refractivity contribution is 0.169.